The maximum Gasteiger partial charge on any atom is 0.338 e. The van der Waals surface area contributed by atoms with E-state index in [4.69, 9.17) is 4.74 Å². The average molecular weight is 467 g/mol. The van der Waals surface area contributed by atoms with E-state index >= 15 is 0 Å². The molecule has 3 aromatic rings. The van der Waals surface area contributed by atoms with Gasteiger partial charge in [-0.25, -0.2) is 13.2 Å². The lowest BCUT2D eigenvalue weighted by molar-refractivity contribution is 0.0525. The summed E-state index contributed by atoms with van der Waals surface area (Å²) in [4.78, 5) is 24.9. The van der Waals surface area contributed by atoms with Crippen LogP contribution in [-0.4, -0.2) is 33.2 Å². The third kappa shape index (κ3) is 5.98. The smallest absolute Gasteiger partial charge is 0.338 e. The van der Waals surface area contributed by atoms with Gasteiger partial charge < -0.3 is 10.1 Å². The Bertz CT molecular complexity index is 1240. The Morgan fingerprint density at radius 2 is 1.61 bits per heavy atom. The molecule has 0 aromatic heterocycles. The Morgan fingerprint density at radius 3 is 2.21 bits per heavy atom. The molecule has 8 heteroatoms. The van der Waals surface area contributed by atoms with E-state index < -0.39 is 16.0 Å². The van der Waals surface area contributed by atoms with Crippen molar-refractivity contribution in [2.24, 2.45) is 0 Å². The van der Waals surface area contributed by atoms with Gasteiger partial charge in [0.25, 0.3) is 5.91 Å². The van der Waals surface area contributed by atoms with Gasteiger partial charge in [-0.15, -0.1) is 0 Å². The number of hydrogen-bond acceptors (Lipinski definition) is 5. The number of rotatable bonds is 8. The van der Waals surface area contributed by atoms with E-state index in [2.05, 4.69) is 5.32 Å². The highest BCUT2D eigenvalue weighted by molar-refractivity contribution is 7.92. The number of hydrogen-bond donors (Lipinski definition) is 1. The molecule has 3 aromatic carbocycles. The summed E-state index contributed by atoms with van der Waals surface area (Å²) in [6.45, 7) is 3.91. The van der Waals surface area contributed by atoms with Gasteiger partial charge in [0.1, 0.15) is 0 Å². The van der Waals surface area contributed by atoms with Crippen LogP contribution in [0.2, 0.25) is 0 Å². The summed E-state index contributed by atoms with van der Waals surface area (Å²) in [5, 5.41) is 2.80. The summed E-state index contributed by atoms with van der Waals surface area (Å²) in [5.41, 5.74) is 3.14. The van der Waals surface area contributed by atoms with Gasteiger partial charge in [0.15, 0.2) is 0 Å². The van der Waals surface area contributed by atoms with Crippen molar-refractivity contribution in [3.63, 3.8) is 0 Å². The second kappa shape index (κ2) is 10.3. The van der Waals surface area contributed by atoms with Gasteiger partial charge in [0, 0.05) is 11.3 Å². The molecule has 0 aliphatic rings. The maximum absolute atomic E-state index is 12.8. The number of sulfonamides is 1. The molecule has 3 rings (SSSR count). The van der Waals surface area contributed by atoms with E-state index in [1.54, 1.807) is 56.3 Å². The van der Waals surface area contributed by atoms with Crippen molar-refractivity contribution in [3.05, 3.63) is 95.1 Å². The third-order valence-corrected chi connectivity index (χ3v) is 6.20. The number of carbonyl (C=O) groups is 2. The first kappa shape index (κ1) is 24.0. The van der Waals surface area contributed by atoms with Crippen molar-refractivity contribution < 1.29 is 22.7 Å². The summed E-state index contributed by atoms with van der Waals surface area (Å²) in [7, 11) is -3.53. The minimum absolute atomic E-state index is 0.186. The first-order valence-electron chi connectivity index (χ1n) is 10.4. The number of nitrogens with one attached hydrogen (secondary N) is 1. The average Bonchev–Trinajstić information content (AvgIpc) is 2.79. The van der Waals surface area contributed by atoms with Crippen LogP contribution in [-0.2, 0) is 21.3 Å². The first-order chi connectivity index (χ1) is 15.7. The molecule has 0 spiro atoms. The second-order valence-corrected chi connectivity index (χ2v) is 9.36. The zero-order chi connectivity index (χ0) is 24.0. The normalized spacial score (nSPS) is 11.0. The highest BCUT2D eigenvalue weighted by Gasteiger charge is 2.19. The van der Waals surface area contributed by atoms with E-state index in [-0.39, 0.29) is 19.1 Å². The molecule has 172 valence electrons. The SMILES string of the molecule is CCOC(=O)c1cccc(NC(=O)c2ccc(N(Cc3ccccc3)S(C)(=O)=O)cc2)c1C. The molecular formula is C25H26N2O5S. The Morgan fingerprint density at radius 1 is 0.939 bits per heavy atom. The van der Waals surface area contributed by atoms with Gasteiger partial charge in [-0.1, -0.05) is 36.4 Å². The molecule has 0 saturated heterocycles. The molecule has 0 atom stereocenters. The monoisotopic (exact) mass is 466 g/mol. The molecule has 0 fully saturated rings. The molecular weight excluding hydrogens is 440 g/mol. The summed E-state index contributed by atoms with van der Waals surface area (Å²) in [6, 6.07) is 20.6. The molecule has 1 N–H and O–H groups in total. The Labute approximate surface area is 194 Å². The molecule has 0 saturated carbocycles. The number of benzene rings is 3. The van der Waals surface area contributed by atoms with Gasteiger partial charge in [-0.2, -0.15) is 0 Å². The predicted molar refractivity (Wildman–Crippen MR) is 129 cm³/mol. The van der Waals surface area contributed by atoms with E-state index in [1.165, 1.54) is 4.31 Å². The van der Waals surface area contributed by atoms with E-state index in [0.717, 1.165) is 11.8 Å². The minimum atomic E-state index is -3.53. The van der Waals surface area contributed by atoms with Gasteiger partial charge >= 0.3 is 5.97 Å². The van der Waals surface area contributed by atoms with Gasteiger partial charge in [0.2, 0.25) is 10.0 Å². The fourth-order valence-corrected chi connectivity index (χ4v) is 4.21. The lowest BCUT2D eigenvalue weighted by Gasteiger charge is -2.22. The Kier molecular flexibility index (Phi) is 7.50. The lowest BCUT2D eigenvalue weighted by Crippen LogP contribution is -2.29. The largest absolute Gasteiger partial charge is 0.462 e. The number of amides is 1. The van der Waals surface area contributed by atoms with Crippen molar-refractivity contribution in [3.8, 4) is 0 Å². The van der Waals surface area contributed by atoms with Crippen molar-refractivity contribution in [1.82, 2.24) is 0 Å². The fraction of sp³-hybridized carbons (Fsp3) is 0.200. The zero-order valence-electron chi connectivity index (χ0n) is 18.7. The third-order valence-electron chi connectivity index (χ3n) is 5.06. The Balaban J connectivity index is 1.80. The van der Waals surface area contributed by atoms with Crippen LogP contribution in [0.1, 0.15) is 38.8 Å². The summed E-state index contributed by atoms with van der Waals surface area (Å²) < 4.78 is 31.1. The van der Waals surface area contributed by atoms with Crippen LogP contribution in [0.4, 0.5) is 11.4 Å². The molecule has 33 heavy (non-hydrogen) atoms. The van der Waals surface area contributed by atoms with Crippen molar-refractivity contribution in [2.45, 2.75) is 20.4 Å². The van der Waals surface area contributed by atoms with Gasteiger partial charge in [-0.05, 0) is 61.4 Å². The topological polar surface area (TPSA) is 92.8 Å². The molecule has 0 radical (unpaired) electrons. The number of anilines is 2. The molecule has 7 nitrogen and oxygen atoms in total. The fourth-order valence-electron chi connectivity index (χ4n) is 3.32. The first-order valence-corrected chi connectivity index (χ1v) is 12.3. The number of carbonyl (C=O) groups excluding carboxylic acids is 2. The molecule has 0 bridgehead atoms. The minimum Gasteiger partial charge on any atom is -0.462 e. The second-order valence-electron chi connectivity index (χ2n) is 7.45. The highest BCUT2D eigenvalue weighted by Crippen LogP contribution is 2.23. The quantitative estimate of drug-likeness (QED) is 0.497. The van der Waals surface area contributed by atoms with Gasteiger partial charge in [0.05, 0.1) is 30.7 Å². The summed E-state index contributed by atoms with van der Waals surface area (Å²) >= 11 is 0. The summed E-state index contributed by atoms with van der Waals surface area (Å²) in [5.74, 6) is -0.825. The van der Waals surface area contributed by atoms with Crippen molar-refractivity contribution in [2.75, 3.05) is 22.5 Å². The molecule has 0 heterocycles. The summed E-state index contributed by atoms with van der Waals surface area (Å²) in [6.07, 6.45) is 1.15. The highest BCUT2D eigenvalue weighted by atomic mass is 32.2. The van der Waals surface area contributed by atoms with Crippen molar-refractivity contribution in [1.29, 1.82) is 0 Å². The molecule has 0 aliphatic carbocycles. The van der Waals surface area contributed by atoms with Crippen LogP contribution in [0.5, 0.6) is 0 Å². The Hall–Kier alpha value is -3.65. The number of ether oxygens (including phenoxy) is 1. The number of esters is 1. The van der Waals surface area contributed by atoms with E-state index in [1.807, 2.05) is 30.3 Å². The van der Waals surface area contributed by atoms with Crippen LogP contribution >= 0.6 is 0 Å². The zero-order valence-corrected chi connectivity index (χ0v) is 19.6. The molecule has 1 amide bonds. The standard InChI is InChI=1S/C25H26N2O5S/c1-4-32-25(29)22-11-8-12-23(18(22)2)26-24(28)20-13-15-21(16-14-20)27(33(3,30)31)17-19-9-6-5-7-10-19/h5-16H,4,17H2,1-3H3,(H,26,28). The van der Waals surface area contributed by atoms with Crippen LogP contribution in [0.25, 0.3) is 0 Å². The predicted octanol–water partition coefficient (Wildman–Crippen LogP) is 4.39. The van der Waals surface area contributed by atoms with E-state index in [0.29, 0.717) is 28.1 Å². The van der Waals surface area contributed by atoms with Crippen molar-refractivity contribution >= 4 is 33.3 Å². The maximum atomic E-state index is 12.8. The van der Waals surface area contributed by atoms with Crippen LogP contribution < -0.4 is 9.62 Å². The van der Waals surface area contributed by atoms with Crippen LogP contribution in [0.3, 0.4) is 0 Å². The van der Waals surface area contributed by atoms with Crippen LogP contribution in [0.15, 0.2) is 72.8 Å². The lowest BCUT2D eigenvalue weighted by atomic mass is 10.1. The van der Waals surface area contributed by atoms with E-state index in [9.17, 15) is 18.0 Å². The number of nitrogens with zero attached hydrogens (tertiary/aromatic N) is 1. The van der Waals surface area contributed by atoms with Gasteiger partial charge in [-0.3, -0.25) is 9.10 Å². The molecule has 0 aliphatic heterocycles. The molecule has 0 unspecified atom stereocenters. The van der Waals surface area contributed by atoms with Crippen LogP contribution in [0, 0.1) is 6.92 Å².